The fourth-order valence-electron chi connectivity index (χ4n) is 2.01. The Hall–Kier alpha value is -2.60. The molecule has 23 heavy (non-hydrogen) atoms. The lowest BCUT2D eigenvalue weighted by Gasteiger charge is -2.12. The third-order valence-electron chi connectivity index (χ3n) is 2.91. The van der Waals surface area contributed by atoms with Gasteiger partial charge >= 0.3 is 0 Å². The maximum Gasteiger partial charge on any atom is 0.276 e. The third-order valence-corrected chi connectivity index (χ3v) is 3.12. The molecule has 0 aliphatic rings. The molecule has 1 amide bonds. The van der Waals surface area contributed by atoms with Crippen molar-refractivity contribution in [1.82, 2.24) is 10.9 Å². The van der Waals surface area contributed by atoms with E-state index < -0.39 is 0 Å². The zero-order valence-corrected chi connectivity index (χ0v) is 13.9. The SMILES string of the molecule is Cc1cc(C)cc(OCC(=O)NNC(=S)Nc2ccccc2)c1. The van der Waals surface area contributed by atoms with Crippen molar-refractivity contribution >= 4 is 28.9 Å². The minimum Gasteiger partial charge on any atom is -0.484 e. The van der Waals surface area contributed by atoms with Gasteiger partial charge in [0.1, 0.15) is 5.75 Å². The van der Waals surface area contributed by atoms with E-state index in [2.05, 4.69) is 16.2 Å². The molecule has 0 heterocycles. The van der Waals surface area contributed by atoms with Gasteiger partial charge in [-0.05, 0) is 61.5 Å². The number of ether oxygens (including phenoxy) is 1. The van der Waals surface area contributed by atoms with Crippen LogP contribution in [0.4, 0.5) is 5.69 Å². The highest BCUT2D eigenvalue weighted by atomic mass is 32.1. The van der Waals surface area contributed by atoms with Crippen molar-refractivity contribution in [2.75, 3.05) is 11.9 Å². The average Bonchev–Trinajstić information content (AvgIpc) is 2.51. The smallest absolute Gasteiger partial charge is 0.276 e. The van der Waals surface area contributed by atoms with Crippen LogP contribution in [0.5, 0.6) is 5.75 Å². The minimum atomic E-state index is -0.318. The summed E-state index contributed by atoms with van der Waals surface area (Å²) in [7, 11) is 0. The van der Waals surface area contributed by atoms with E-state index in [1.807, 2.05) is 62.4 Å². The molecule has 0 saturated carbocycles. The molecule has 0 aromatic heterocycles. The van der Waals surface area contributed by atoms with Gasteiger partial charge in [-0.15, -0.1) is 0 Å². The zero-order chi connectivity index (χ0) is 16.7. The maximum atomic E-state index is 11.8. The highest BCUT2D eigenvalue weighted by molar-refractivity contribution is 7.80. The van der Waals surface area contributed by atoms with Gasteiger partial charge in [-0.1, -0.05) is 24.3 Å². The van der Waals surface area contributed by atoms with Crippen molar-refractivity contribution in [3.63, 3.8) is 0 Å². The second kappa shape index (κ2) is 8.14. The molecule has 5 nitrogen and oxygen atoms in total. The van der Waals surface area contributed by atoms with Crippen molar-refractivity contribution in [3.8, 4) is 5.75 Å². The fraction of sp³-hybridized carbons (Fsp3) is 0.176. The standard InChI is InChI=1S/C17H19N3O2S/c1-12-8-13(2)10-15(9-12)22-11-16(21)19-20-17(23)18-14-6-4-3-5-7-14/h3-10H,11H2,1-2H3,(H,19,21)(H2,18,20,23). The third kappa shape index (κ3) is 5.96. The Morgan fingerprint density at radius 2 is 1.70 bits per heavy atom. The first-order valence-corrected chi connectivity index (χ1v) is 7.56. The molecule has 0 fully saturated rings. The van der Waals surface area contributed by atoms with Crippen LogP contribution in [0.25, 0.3) is 0 Å². The first-order valence-electron chi connectivity index (χ1n) is 7.15. The van der Waals surface area contributed by atoms with Gasteiger partial charge in [-0.2, -0.15) is 0 Å². The summed E-state index contributed by atoms with van der Waals surface area (Å²) in [6.07, 6.45) is 0. The molecule has 0 atom stereocenters. The molecule has 3 N–H and O–H groups in total. The lowest BCUT2D eigenvalue weighted by molar-refractivity contribution is -0.123. The zero-order valence-electron chi connectivity index (χ0n) is 13.1. The monoisotopic (exact) mass is 329 g/mol. The van der Waals surface area contributed by atoms with E-state index in [9.17, 15) is 4.79 Å². The molecule has 0 aliphatic heterocycles. The van der Waals surface area contributed by atoms with Gasteiger partial charge in [0.15, 0.2) is 11.7 Å². The van der Waals surface area contributed by atoms with E-state index in [-0.39, 0.29) is 12.5 Å². The van der Waals surface area contributed by atoms with E-state index in [0.717, 1.165) is 16.8 Å². The second-order valence-electron chi connectivity index (χ2n) is 5.11. The summed E-state index contributed by atoms with van der Waals surface area (Å²) < 4.78 is 5.46. The van der Waals surface area contributed by atoms with Crippen LogP contribution in [0.3, 0.4) is 0 Å². The van der Waals surface area contributed by atoms with Crippen molar-refractivity contribution in [2.45, 2.75) is 13.8 Å². The van der Waals surface area contributed by atoms with E-state index >= 15 is 0 Å². The van der Waals surface area contributed by atoms with Gasteiger partial charge in [-0.25, -0.2) is 0 Å². The van der Waals surface area contributed by atoms with E-state index in [4.69, 9.17) is 17.0 Å². The fourth-order valence-corrected chi connectivity index (χ4v) is 2.18. The van der Waals surface area contributed by atoms with Gasteiger partial charge < -0.3 is 10.1 Å². The predicted molar refractivity (Wildman–Crippen MR) is 95.4 cm³/mol. The predicted octanol–water partition coefficient (Wildman–Crippen LogP) is 2.70. The number of para-hydroxylation sites is 1. The number of benzene rings is 2. The Morgan fingerprint density at radius 1 is 1.04 bits per heavy atom. The number of rotatable bonds is 4. The van der Waals surface area contributed by atoms with Crippen LogP contribution >= 0.6 is 12.2 Å². The first kappa shape index (κ1) is 16.8. The summed E-state index contributed by atoms with van der Waals surface area (Å²) >= 11 is 5.09. The molecule has 0 saturated heterocycles. The molecule has 0 aliphatic carbocycles. The van der Waals surface area contributed by atoms with Gasteiger partial charge in [0, 0.05) is 5.69 Å². The van der Waals surface area contributed by atoms with Crippen LogP contribution in [-0.2, 0) is 4.79 Å². The van der Waals surface area contributed by atoms with Crippen molar-refractivity contribution in [2.24, 2.45) is 0 Å². The molecule has 0 radical (unpaired) electrons. The summed E-state index contributed by atoms with van der Waals surface area (Å²) in [5, 5.41) is 3.25. The number of amides is 1. The van der Waals surface area contributed by atoms with Crippen LogP contribution < -0.4 is 20.9 Å². The number of thiocarbonyl (C=S) groups is 1. The lowest BCUT2D eigenvalue weighted by atomic mass is 10.1. The number of hydrogen-bond acceptors (Lipinski definition) is 3. The Kier molecular flexibility index (Phi) is 5.94. The summed E-state index contributed by atoms with van der Waals surface area (Å²) in [4.78, 5) is 11.8. The molecule has 0 spiro atoms. The second-order valence-corrected chi connectivity index (χ2v) is 5.51. The number of hydrogen-bond donors (Lipinski definition) is 3. The molecule has 0 bridgehead atoms. The Labute approximate surface area is 141 Å². The average molecular weight is 329 g/mol. The molecule has 2 rings (SSSR count). The lowest BCUT2D eigenvalue weighted by Crippen LogP contribution is -2.45. The number of carbonyl (C=O) groups is 1. The van der Waals surface area contributed by atoms with Crippen LogP contribution in [0.2, 0.25) is 0 Å². The number of nitrogens with one attached hydrogen (secondary N) is 3. The minimum absolute atomic E-state index is 0.0934. The molecular formula is C17H19N3O2S. The normalized spacial score (nSPS) is 9.83. The van der Waals surface area contributed by atoms with E-state index in [1.54, 1.807) is 0 Å². The van der Waals surface area contributed by atoms with Crippen molar-refractivity contribution < 1.29 is 9.53 Å². The number of anilines is 1. The van der Waals surface area contributed by atoms with E-state index in [1.165, 1.54) is 0 Å². The first-order chi connectivity index (χ1) is 11.0. The summed E-state index contributed by atoms with van der Waals surface area (Å²) in [6, 6.07) is 15.3. The quantitative estimate of drug-likeness (QED) is 0.595. The van der Waals surface area contributed by atoms with Crippen LogP contribution in [0.15, 0.2) is 48.5 Å². The number of carbonyl (C=O) groups excluding carboxylic acids is 1. The highest BCUT2D eigenvalue weighted by Gasteiger charge is 2.04. The Bertz CT molecular complexity index is 669. The molecule has 2 aromatic carbocycles. The van der Waals surface area contributed by atoms with Gasteiger partial charge in [0.25, 0.3) is 5.91 Å². The van der Waals surface area contributed by atoms with Gasteiger partial charge in [0.2, 0.25) is 0 Å². The van der Waals surface area contributed by atoms with Gasteiger partial charge in [0.05, 0.1) is 0 Å². The highest BCUT2D eigenvalue weighted by Crippen LogP contribution is 2.15. The van der Waals surface area contributed by atoms with Crippen molar-refractivity contribution in [3.05, 3.63) is 59.7 Å². The number of aryl methyl sites for hydroxylation is 2. The Balaban J connectivity index is 1.73. The largest absolute Gasteiger partial charge is 0.484 e. The van der Waals surface area contributed by atoms with E-state index in [0.29, 0.717) is 10.9 Å². The van der Waals surface area contributed by atoms with Crippen LogP contribution in [-0.4, -0.2) is 17.6 Å². The molecule has 6 heteroatoms. The summed E-state index contributed by atoms with van der Waals surface area (Å²) in [5.74, 6) is 0.351. The molecule has 0 unspecified atom stereocenters. The molecule has 120 valence electrons. The van der Waals surface area contributed by atoms with Crippen LogP contribution in [0, 0.1) is 13.8 Å². The molecule has 2 aromatic rings. The van der Waals surface area contributed by atoms with Crippen LogP contribution in [0.1, 0.15) is 11.1 Å². The van der Waals surface area contributed by atoms with Gasteiger partial charge in [-0.3, -0.25) is 15.6 Å². The van der Waals surface area contributed by atoms with Crippen molar-refractivity contribution in [1.29, 1.82) is 0 Å². The summed E-state index contributed by atoms with van der Waals surface area (Å²) in [6.45, 7) is 3.87. The summed E-state index contributed by atoms with van der Waals surface area (Å²) in [5.41, 5.74) is 8.13. The maximum absolute atomic E-state index is 11.8. The molecular weight excluding hydrogens is 310 g/mol. The topological polar surface area (TPSA) is 62.4 Å². The number of hydrazine groups is 1. The Morgan fingerprint density at radius 3 is 2.35 bits per heavy atom.